The Morgan fingerprint density at radius 2 is 0.933 bits per heavy atom. The highest BCUT2D eigenvalue weighted by molar-refractivity contribution is 5.17. The van der Waals surface area contributed by atoms with Crippen LogP contribution >= 0.6 is 0 Å². The SMILES string of the molecule is C1=CC(CCCCCC2C=CC=C2)C=C1. The van der Waals surface area contributed by atoms with Gasteiger partial charge in [0, 0.05) is 0 Å². The molecule has 0 nitrogen and oxygen atoms in total. The highest BCUT2D eigenvalue weighted by Gasteiger charge is 2.05. The van der Waals surface area contributed by atoms with E-state index in [0.717, 1.165) is 11.8 Å². The Kier molecular flexibility index (Phi) is 4.01. The predicted octanol–water partition coefficient (Wildman–Crippen LogP) is 4.42. The molecule has 0 aliphatic heterocycles. The first kappa shape index (κ1) is 10.5. The summed E-state index contributed by atoms with van der Waals surface area (Å²) in [5.74, 6) is 1.47. The Bertz CT molecular complexity index is 237. The maximum absolute atomic E-state index is 2.31. The molecule has 0 heteroatoms. The molecule has 0 bridgehead atoms. The monoisotopic (exact) mass is 200 g/mol. The topological polar surface area (TPSA) is 0 Å². The van der Waals surface area contributed by atoms with Crippen molar-refractivity contribution in [2.24, 2.45) is 11.8 Å². The third-order valence-electron chi connectivity index (χ3n) is 3.23. The van der Waals surface area contributed by atoms with Crippen molar-refractivity contribution in [1.82, 2.24) is 0 Å². The summed E-state index contributed by atoms with van der Waals surface area (Å²) in [5.41, 5.74) is 0. The van der Waals surface area contributed by atoms with Crippen LogP contribution in [0.25, 0.3) is 0 Å². The zero-order valence-electron chi connectivity index (χ0n) is 9.31. The van der Waals surface area contributed by atoms with E-state index in [-0.39, 0.29) is 0 Å². The molecule has 80 valence electrons. The van der Waals surface area contributed by atoms with Crippen molar-refractivity contribution >= 4 is 0 Å². The third kappa shape index (κ3) is 3.54. The number of unbranched alkanes of at least 4 members (excludes halogenated alkanes) is 2. The van der Waals surface area contributed by atoms with E-state index in [1.807, 2.05) is 0 Å². The normalized spacial score (nSPS) is 19.7. The highest BCUT2D eigenvalue weighted by atomic mass is 14.1. The first-order chi connectivity index (χ1) is 7.45. The van der Waals surface area contributed by atoms with Gasteiger partial charge in [0.2, 0.25) is 0 Å². The van der Waals surface area contributed by atoms with Crippen LogP contribution in [0.3, 0.4) is 0 Å². The molecule has 2 rings (SSSR count). The van der Waals surface area contributed by atoms with Crippen molar-refractivity contribution < 1.29 is 0 Å². The summed E-state index contributed by atoms with van der Waals surface area (Å²) >= 11 is 0. The van der Waals surface area contributed by atoms with Gasteiger partial charge in [0.15, 0.2) is 0 Å². The van der Waals surface area contributed by atoms with Crippen molar-refractivity contribution in [2.75, 3.05) is 0 Å². The van der Waals surface area contributed by atoms with E-state index >= 15 is 0 Å². The molecule has 2 aliphatic carbocycles. The van der Waals surface area contributed by atoms with E-state index in [1.165, 1.54) is 32.1 Å². The highest BCUT2D eigenvalue weighted by Crippen LogP contribution is 2.20. The fourth-order valence-electron chi connectivity index (χ4n) is 2.28. The smallest absolute Gasteiger partial charge is 0.00473 e. The van der Waals surface area contributed by atoms with E-state index in [1.54, 1.807) is 0 Å². The van der Waals surface area contributed by atoms with Gasteiger partial charge in [0.05, 0.1) is 0 Å². The van der Waals surface area contributed by atoms with Gasteiger partial charge in [-0.25, -0.2) is 0 Å². The van der Waals surface area contributed by atoms with Gasteiger partial charge >= 0.3 is 0 Å². The Morgan fingerprint density at radius 3 is 1.33 bits per heavy atom. The second kappa shape index (κ2) is 5.75. The summed E-state index contributed by atoms with van der Waals surface area (Å²) in [5, 5.41) is 0. The summed E-state index contributed by atoms with van der Waals surface area (Å²) in [6.07, 6.45) is 24.7. The molecule has 0 radical (unpaired) electrons. The molecule has 0 N–H and O–H groups in total. The maximum atomic E-state index is 2.31. The van der Waals surface area contributed by atoms with Gasteiger partial charge in [0.1, 0.15) is 0 Å². The first-order valence-corrected chi connectivity index (χ1v) is 6.15. The number of allylic oxidation sites excluding steroid dienone is 8. The lowest BCUT2D eigenvalue weighted by Gasteiger charge is -2.06. The van der Waals surface area contributed by atoms with Crippen molar-refractivity contribution in [1.29, 1.82) is 0 Å². The number of hydrogen-bond donors (Lipinski definition) is 0. The van der Waals surface area contributed by atoms with Crippen LogP contribution in [0.1, 0.15) is 32.1 Å². The van der Waals surface area contributed by atoms with Crippen LogP contribution in [0.4, 0.5) is 0 Å². The molecule has 0 unspecified atom stereocenters. The van der Waals surface area contributed by atoms with Gasteiger partial charge in [-0.3, -0.25) is 0 Å². The Balaban J connectivity index is 1.48. The molecule has 15 heavy (non-hydrogen) atoms. The van der Waals surface area contributed by atoms with Crippen molar-refractivity contribution in [3.05, 3.63) is 48.6 Å². The molecule has 0 spiro atoms. The quantitative estimate of drug-likeness (QED) is 0.557. The van der Waals surface area contributed by atoms with Gasteiger partial charge < -0.3 is 0 Å². The zero-order valence-corrected chi connectivity index (χ0v) is 9.31. The fourth-order valence-corrected chi connectivity index (χ4v) is 2.28. The van der Waals surface area contributed by atoms with Gasteiger partial charge in [-0.2, -0.15) is 0 Å². The molecular weight excluding hydrogens is 180 g/mol. The Labute approximate surface area is 93.1 Å². The predicted molar refractivity (Wildman–Crippen MR) is 66.6 cm³/mol. The Morgan fingerprint density at radius 1 is 0.533 bits per heavy atom. The van der Waals surface area contributed by atoms with Crippen LogP contribution in [0.15, 0.2) is 48.6 Å². The zero-order chi connectivity index (χ0) is 10.3. The van der Waals surface area contributed by atoms with Gasteiger partial charge in [-0.1, -0.05) is 67.9 Å². The molecule has 0 aromatic heterocycles. The van der Waals surface area contributed by atoms with Gasteiger partial charge in [0.25, 0.3) is 0 Å². The summed E-state index contributed by atoms with van der Waals surface area (Å²) in [7, 11) is 0. The molecule has 0 heterocycles. The molecule has 0 saturated carbocycles. The van der Waals surface area contributed by atoms with Gasteiger partial charge in [-0.05, 0) is 24.7 Å². The van der Waals surface area contributed by atoms with Crippen molar-refractivity contribution in [2.45, 2.75) is 32.1 Å². The summed E-state index contributed by atoms with van der Waals surface area (Å²) < 4.78 is 0. The Hall–Kier alpha value is -1.04. The molecule has 0 aromatic rings. The largest absolute Gasteiger partial charge is 0.0776 e. The summed E-state index contributed by atoms with van der Waals surface area (Å²) in [4.78, 5) is 0. The second-order valence-corrected chi connectivity index (χ2v) is 4.51. The van der Waals surface area contributed by atoms with E-state index in [0.29, 0.717) is 0 Å². The van der Waals surface area contributed by atoms with Crippen LogP contribution in [-0.2, 0) is 0 Å². The van der Waals surface area contributed by atoms with Crippen LogP contribution in [0, 0.1) is 11.8 Å². The minimum Gasteiger partial charge on any atom is -0.0776 e. The summed E-state index contributed by atoms with van der Waals surface area (Å²) in [6.45, 7) is 0. The molecule has 0 aromatic carbocycles. The van der Waals surface area contributed by atoms with Crippen molar-refractivity contribution in [3.8, 4) is 0 Å². The average Bonchev–Trinajstić information content (AvgIpc) is 2.88. The molecule has 2 aliphatic rings. The van der Waals surface area contributed by atoms with Crippen LogP contribution < -0.4 is 0 Å². The standard InChI is InChI=1S/C15H20/c1(2-8-14-10-4-5-11-14)3-9-15-12-6-7-13-15/h4-7,10-15H,1-3,8-9H2. The van der Waals surface area contributed by atoms with E-state index in [9.17, 15) is 0 Å². The molecule has 0 fully saturated rings. The summed E-state index contributed by atoms with van der Waals surface area (Å²) in [6, 6.07) is 0. The number of rotatable bonds is 6. The van der Waals surface area contributed by atoms with E-state index < -0.39 is 0 Å². The first-order valence-electron chi connectivity index (χ1n) is 6.15. The van der Waals surface area contributed by atoms with Crippen molar-refractivity contribution in [3.63, 3.8) is 0 Å². The average molecular weight is 200 g/mol. The lowest BCUT2D eigenvalue weighted by atomic mass is 9.99. The second-order valence-electron chi connectivity index (χ2n) is 4.51. The van der Waals surface area contributed by atoms with Gasteiger partial charge in [-0.15, -0.1) is 0 Å². The third-order valence-corrected chi connectivity index (χ3v) is 3.23. The van der Waals surface area contributed by atoms with Crippen LogP contribution in [-0.4, -0.2) is 0 Å². The van der Waals surface area contributed by atoms with Crippen LogP contribution in [0.2, 0.25) is 0 Å². The van der Waals surface area contributed by atoms with Crippen LogP contribution in [0.5, 0.6) is 0 Å². The lowest BCUT2D eigenvalue weighted by Crippen LogP contribution is -1.92. The van der Waals surface area contributed by atoms with E-state index in [4.69, 9.17) is 0 Å². The molecular formula is C15H20. The fraction of sp³-hybridized carbons (Fsp3) is 0.467. The minimum absolute atomic E-state index is 0.733. The number of hydrogen-bond acceptors (Lipinski definition) is 0. The maximum Gasteiger partial charge on any atom is -0.00473 e. The molecule has 0 atom stereocenters. The minimum atomic E-state index is 0.733. The molecule has 0 saturated heterocycles. The van der Waals surface area contributed by atoms with E-state index in [2.05, 4.69) is 48.6 Å². The lowest BCUT2D eigenvalue weighted by molar-refractivity contribution is 0.558. The molecule has 0 amide bonds.